The summed E-state index contributed by atoms with van der Waals surface area (Å²) in [7, 11) is -4.61. The number of rotatable bonds is 6. The van der Waals surface area contributed by atoms with Gasteiger partial charge in [-0.05, 0) is 36.0 Å². The zero-order valence-electron chi connectivity index (χ0n) is 14.7. The van der Waals surface area contributed by atoms with Crippen LogP contribution in [0.3, 0.4) is 0 Å². The summed E-state index contributed by atoms with van der Waals surface area (Å²) in [5, 5.41) is 3.36. The summed E-state index contributed by atoms with van der Waals surface area (Å²) in [5.74, 6) is -3.41. The molecule has 2 N–H and O–H groups in total. The van der Waals surface area contributed by atoms with Gasteiger partial charge in [-0.15, -0.1) is 0 Å². The lowest BCUT2D eigenvalue weighted by Gasteiger charge is -2.25. The van der Waals surface area contributed by atoms with Crippen LogP contribution in [0, 0.1) is 5.41 Å². The molecule has 4 rings (SSSR count). The molecule has 1 aliphatic heterocycles. The van der Waals surface area contributed by atoms with Gasteiger partial charge in [-0.25, -0.2) is 13.1 Å². The SMILES string of the molecule is O=S(=O)(N[C@@H]1[C@H](Cc2cccc(-c3ccccc3)c2)NCC12CC2)C(F)F. The summed E-state index contributed by atoms with van der Waals surface area (Å²) >= 11 is 0. The van der Waals surface area contributed by atoms with Crippen LogP contribution in [0.2, 0.25) is 0 Å². The van der Waals surface area contributed by atoms with E-state index in [0.717, 1.165) is 29.5 Å². The topological polar surface area (TPSA) is 58.2 Å². The maximum atomic E-state index is 12.9. The molecular weight excluding hydrogens is 370 g/mol. The van der Waals surface area contributed by atoms with Gasteiger partial charge in [0.15, 0.2) is 0 Å². The fourth-order valence-electron chi connectivity index (χ4n) is 4.03. The van der Waals surface area contributed by atoms with Crippen molar-refractivity contribution < 1.29 is 17.2 Å². The minimum atomic E-state index is -4.61. The highest BCUT2D eigenvalue weighted by molar-refractivity contribution is 7.89. The largest absolute Gasteiger partial charge is 0.350 e. The second-order valence-electron chi connectivity index (χ2n) is 7.52. The molecule has 2 aromatic rings. The lowest BCUT2D eigenvalue weighted by atomic mass is 9.92. The minimum absolute atomic E-state index is 0.202. The number of benzene rings is 2. The molecule has 2 fully saturated rings. The van der Waals surface area contributed by atoms with E-state index < -0.39 is 21.8 Å². The minimum Gasteiger partial charge on any atom is -0.311 e. The zero-order valence-corrected chi connectivity index (χ0v) is 15.6. The third-order valence-electron chi connectivity index (χ3n) is 5.69. The fourth-order valence-corrected chi connectivity index (χ4v) is 4.90. The Bertz CT molecular complexity index is 915. The second kappa shape index (κ2) is 6.96. The van der Waals surface area contributed by atoms with E-state index in [0.29, 0.717) is 13.0 Å². The lowest BCUT2D eigenvalue weighted by Crippen LogP contribution is -2.49. The van der Waals surface area contributed by atoms with Crippen LogP contribution in [0.1, 0.15) is 18.4 Å². The van der Waals surface area contributed by atoms with Crippen molar-refractivity contribution >= 4 is 10.0 Å². The van der Waals surface area contributed by atoms with Crippen LogP contribution in [-0.4, -0.2) is 32.8 Å². The van der Waals surface area contributed by atoms with Gasteiger partial charge in [-0.1, -0.05) is 54.6 Å². The van der Waals surface area contributed by atoms with Crippen LogP contribution >= 0.6 is 0 Å². The van der Waals surface area contributed by atoms with Crippen LogP contribution in [0.5, 0.6) is 0 Å². The van der Waals surface area contributed by atoms with Crippen LogP contribution in [0.25, 0.3) is 11.1 Å². The molecule has 1 heterocycles. The highest BCUT2D eigenvalue weighted by Crippen LogP contribution is 2.52. The van der Waals surface area contributed by atoms with Gasteiger partial charge in [0.25, 0.3) is 10.0 Å². The van der Waals surface area contributed by atoms with E-state index in [1.165, 1.54) is 0 Å². The number of sulfonamides is 1. The normalized spacial score (nSPS) is 23.8. The summed E-state index contributed by atoms with van der Waals surface area (Å²) in [6.45, 7) is 0.659. The van der Waals surface area contributed by atoms with Crippen LogP contribution < -0.4 is 10.0 Å². The van der Waals surface area contributed by atoms with Gasteiger partial charge in [0, 0.05) is 24.0 Å². The number of hydrogen-bond donors (Lipinski definition) is 2. The average molecular weight is 392 g/mol. The Morgan fingerprint density at radius 3 is 2.44 bits per heavy atom. The second-order valence-corrected chi connectivity index (χ2v) is 9.20. The molecule has 2 aliphatic rings. The van der Waals surface area contributed by atoms with E-state index in [9.17, 15) is 17.2 Å². The Morgan fingerprint density at radius 2 is 1.78 bits per heavy atom. The molecule has 0 unspecified atom stereocenters. The van der Waals surface area contributed by atoms with E-state index in [4.69, 9.17) is 0 Å². The Labute approximate surface area is 158 Å². The first-order valence-corrected chi connectivity index (χ1v) is 10.6. The maximum absolute atomic E-state index is 12.9. The molecule has 7 heteroatoms. The van der Waals surface area contributed by atoms with Gasteiger partial charge < -0.3 is 5.32 Å². The first kappa shape index (κ1) is 18.5. The monoisotopic (exact) mass is 392 g/mol. The van der Waals surface area contributed by atoms with E-state index in [1.807, 2.05) is 48.5 Å². The molecule has 1 saturated heterocycles. The molecule has 0 bridgehead atoms. The van der Waals surface area contributed by atoms with Crippen LogP contribution in [-0.2, 0) is 16.4 Å². The first-order chi connectivity index (χ1) is 12.9. The van der Waals surface area contributed by atoms with Gasteiger partial charge in [-0.2, -0.15) is 8.78 Å². The predicted molar refractivity (Wildman–Crippen MR) is 101 cm³/mol. The summed E-state index contributed by atoms with van der Waals surface area (Å²) in [4.78, 5) is 0. The molecule has 0 radical (unpaired) electrons. The van der Waals surface area contributed by atoms with E-state index in [2.05, 4.69) is 16.1 Å². The molecule has 27 heavy (non-hydrogen) atoms. The summed E-state index contributed by atoms with van der Waals surface area (Å²) < 4.78 is 51.5. The smallest absolute Gasteiger partial charge is 0.311 e. The van der Waals surface area contributed by atoms with Gasteiger partial charge in [0.2, 0.25) is 0 Å². The van der Waals surface area contributed by atoms with E-state index >= 15 is 0 Å². The Balaban J connectivity index is 1.55. The highest BCUT2D eigenvalue weighted by atomic mass is 32.2. The van der Waals surface area contributed by atoms with E-state index in [1.54, 1.807) is 0 Å². The quantitative estimate of drug-likeness (QED) is 0.794. The zero-order chi connectivity index (χ0) is 19.1. The molecule has 0 aromatic heterocycles. The lowest BCUT2D eigenvalue weighted by molar-refractivity contribution is 0.229. The Kier molecular flexibility index (Phi) is 4.78. The van der Waals surface area contributed by atoms with Crippen LogP contribution in [0.4, 0.5) is 8.78 Å². The van der Waals surface area contributed by atoms with Crippen molar-refractivity contribution in [3.05, 3.63) is 60.2 Å². The third-order valence-corrected chi connectivity index (χ3v) is 6.74. The Hall–Kier alpha value is -1.83. The number of hydrogen-bond acceptors (Lipinski definition) is 3. The molecular formula is C20H22F2N2O2S. The standard InChI is InChI=1S/C20H22F2N2O2S/c21-19(22)27(25,26)24-18-17(23-13-20(18)9-10-20)12-14-5-4-8-16(11-14)15-6-2-1-3-7-15/h1-8,11,17-19,23-24H,9-10,12-13H2/t17-,18+/m0/s1. The van der Waals surface area contributed by atoms with Crippen molar-refractivity contribution in [1.82, 2.24) is 10.0 Å². The molecule has 4 nitrogen and oxygen atoms in total. The summed E-state index contributed by atoms with van der Waals surface area (Å²) in [6.07, 6.45) is 2.30. The number of alkyl halides is 2. The summed E-state index contributed by atoms with van der Waals surface area (Å²) in [5.41, 5.74) is 3.01. The average Bonchev–Trinajstić information content (AvgIpc) is 3.38. The van der Waals surface area contributed by atoms with Gasteiger partial charge in [-0.3, -0.25) is 0 Å². The summed E-state index contributed by atoms with van der Waals surface area (Å²) in [6, 6.07) is 17.3. The third kappa shape index (κ3) is 3.77. The first-order valence-electron chi connectivity index (χ1n) is 9.07. The van der Waals surface area contributed by atoms with Crippen molar-refractivity contribution in [3.8, 4) is 11.1 Å². The van der Waals surface area contributed by atoms with Crippen LogP contribution in [0.15, 0.2) is 54.6 Å². The number of halogens is 2. The number of nitrogens with one attached hydrogen (secondary N) is 2. The molecule has 1 saturated carbocycles. The molecule has 0 amide bonds. The van der Waals surface area contributed by atoms with E-state index in [-0.39, 0.29) is 11.5 Å². The Morgan fingerprint density at radius 1 is 1.07 bits per heavy atom. The molecule has 2 aromatic carbocycles. The maximum Gasteiger partial charge on any atom is 0.350 e. The van der Waals surface area contributed by atoms with Crippen molar-refractivity contribution in [2.24, 2.45) is 5.41 Å². The molecule has 1 aliphatic carbocycles. The van der Waals surface area contributed by atoms with Crippen molar-refractivity contribution in [2.75, 3.05) is 6.54 Å². The molecule has 2 atom stereocenters. The van der Waals surface area contributed by atoms with Crippen molar-refractivity contribution in [2.45, 2.75) is 37.1 Å². The van der Waals surface area contributed by atoms with Gasteiger partial charge >= 0.3 is 5.76 Å². The highest BCUT2D eigenvalue weighted by Gasteiger charge is 2.57. The predicted octanol–water partition coefficient (Wildman–Crippen LogP) is 3.16. The molecule has 1 spiro atoms. The van der Waals surface area contributed by atoms with Gasteiger partial charge in [0.05, 0.1) is 0 Å². The van der Waals surface area contributed by atoms with Crippen molar-refractivity contribution in [1.29, 1.82) is 0 Å². The fraction of sp³-hybridized carbons (Fsp3) is 0.400. The van der Waals surface area contributed by atoms with Crippen molar-refractivity contribution in [3.63, 3.8) is 0 Å². The van der Waals surface area contributed by atoms with Gasteiger partial charge in [0.1, 0.15) is 0 Å². The molecule has 144 valence electrons.